The fourth-order valence-corrected chi connectivity index (χ4v) is 4.16. The van der Waals surface area contributed by atoms with Crippen LogP contribution in [0.2, 0.25) is 0 Å². The van der Waals surface area contributed by atoms with Crippen molar-refractivity contribution in [2.24, 2.45) is 0 Å². The van der Waals surface area contributed by atoms with Crippen molar-refractivity contribution in [1.29, 1.82) is 0 Å². The topological polar surface area (TPSA) is 76.5 Å². The molecular formula is C24H28N4O3. The predicted molar refractivity (Wildman–Crippen MR) is 121 cm³/mol. The van der Waals surface area contributed by atoms with E-state index >= 15 is 0 Å². The van der Waals surface area contributed by atoms with E-state index in [0.717, 1.165) is 26.1 Å². The molecule has 1 aliphatic heterocycles. The highest BCUT2D eigenvalue weighted by molar-refractivity contribution is 6.04. The molecule has 3 aromatic rings. The monoisotopic (exact) mass is 420 g/mol. The van der Waals surface area contributed by atoms with E-state index in [9.17, 15) is 9.59 Å². The molecular weight excluding hydrogens is 392 g/mol. The van der Waals surface area contributed by atoms with Crippen molar-refractivity contribution in [2.45, 2.75) is 32.5 Å². The van der Waals surface area contributed by atoms with E-state index in [1.165, 1.54) is 4.68 Å². The number of carbonyl (C=O) groups excluding carboxylic acids is 1. The van der Waals surface area contributed by atoms with Crippen LogP contribution < -0.4 is 10.9 Å². The number of hydrogen-bond donors (Lipinski definition) is 1. The SMILES string of the molecule is C[C@@H]1CN(CCCNC(=O)c2nn(-c3ccccc3)c(=O)c3ccccc23)C[C@H](C)O1. The molecule has 1 saturated heterocycles. The summed E-state index contributed by atoms with van der Waals surface area (Å²) in [5.41, 5.74) is 0.643. The zero-order valence-electron chi connectivity index (χ0n) is 18.0. The first kappa shape index (κ1) is 21.2. The summed E-state index contributed by atoms with van der Waals surface area (Å²) < 4.78 is 7.07. The molecule has 0 saturated carbocycles. The lowest BCUT2D eigenvalue weighted by Crippen LogP contribution is -2.46. The van der Waals surface area contributed by atoms with Crippen LogP contribution in [0.5, 0.6) is 0 Å². The molecule has 2 heterocycles. The van der Waals surface area contributed by atoms with Gasteiger partial charge in [-0.15, -0.1) is 0 Å². The third-order valence-corrected chi connectivity index (χ3v) is 5.45. The number of hydrogen-bond acceptors (Lipinski definition) is 5. The van der Waals surface area contributed by atoms with E-state index in [1.807, 2.05) is 24.3 Å². The second-order valence-electron chi connectivity index (χ2n) is 8.07. The Bertz CT molecular complexity index is 1100. The number of nitrogens with one attached hydrogen (secondary N) is 1. The molecule has 0 aliphatic carbocycles. The second kappa shape index (κ2) is 9.41. The van der Waals surface area contributed by atoms with Gasteiger partial charge in [0.05, 0.1) is 23.3 Å². The van der Waals surface area contributed by atoms with Crippen molar-refractivity contribution < 1.29 is 9.53 Å². The molecule has 1 amide bonds. The number of aromatic nitrogens is 2. The average Bonchev–Trinajstić information content (AvgIpc) is 2.77. The summed E-state index contributed by atoms with van der Waals surface area (Å²) in [6.45, 7) is 7.43. The van der Waals surface area contributed by atoms with Gasteiger partial charge in [0.1, 0.15) is 0 Å². The Morgan fingerprint density at radius 3 is 2.39 bits per heavy atom. The number of rotatable bonds is 6. The van der Waals surface area contributed by atoms with Crippen LogP contribution in [0.3, 0.4) is 0 Å². The van der Waals surface area contributed by atoms with E-state index in [0.29, 0.717) is 23.0 Å². The lowest BCUT2D eigenvalue weighted by Gasteiger charge is -2.35. The number of ether oxygens (including phenoxy) is 1. The molecule has 7 nitrogen and oxygen atoms in total. The molecule has 4 rings (SSSR count). The number of morpholine rings is 1. The average molecular weight is 421 g/mol. The molecule has 2 atom stereocenters. The van der Waals surface area contributed by atoms with E-state index < -0.39 is 0 Å². The Labute approximate surface area is 181 Å². The van der Waals surface area contributed by atoms with E-state index in [4.69, 9.17) is 4.74 Å². The molecule has 0 radical (unpaired) electrons. The van der Waals surface area contributed by atoms with Crippen molar-refractivity contribution in [3.8, 4) is 5.69 Å². The number of nitrogens with zero attached hydrogens (tertiary/aromatic N) is 3. The van der Waals surface area contributed by atoms with Crippen molar-refractivity contribution in [3.05, 3.63) is 70.6 Å². The fraction of sp³-hybridized carbons (Fsp3) is 0.375. The molecule has 2 aromatic carbocycles. The summed E-state index contributed by atoms with van der Waals surface area (Å²) in [6.07, 6.45) is 1.29. The minimum Gasteiger partial charge on any atom is -0.373 e. The number of fused-ring (bicyclic) bond motifs is 1. The maximum absolute atomic E-state index is 13.0. The Morgan fingerprint density at radius 2 is 1.68 bits per heavy atom. The van der Waals surface area contributed by atoms with Gasteiger partial charge >= 0.3 is 0 Å². The summed E-state index contributed by atoms with van der Waals surface area (Å²) in [5.74, 6) is -0.274. The second-order valence-corrected chi connectivity index (χ2v) is 8.07. The van der Waals surface area contributed by atoms with E-state index in [2.05, 4.69) is 29.2 Å². The molecule has 162 valence electrons. The Morgan fingerprint density at radius 1 is 1.03 bits per heavy atom. The third kappa shape index (κ3) is 4.84. The Hall–Kier alpha value is -3.03. The lowest BCUT2D eigenvalue weighted by molar-refractivity contribution is -0.0680. The summed E-state index contributed by atoms with van der Waals surface area (Å²) >= 11 is 0. The summed E-state index contributed by atoms with van der Waals surface area (Å²) in [4.78, 5) is 28.3. The van der Waals surface area contributed by atoms with Gasteiger partial charge in [-0.25, -0.2) is 0 Å². The first-order valence-electron chi connectivity index (χ1n) is 10.8. The number of para-hydroxylation sites is 1. The van der Waals surface area contributed by atoms with E-state index in [-0.39, 0.29) is 29.4 Å². The molecule has 31 heavy (non-hydrogen) atoms. The van der Waals surface area contributed by atoms with Gasteiger partial charge in [-0.05, 0) is 38.5 Å². The van der Waals surface area contributed by atoms with Gasteiger partial charge in [-0.1, -0.05) is 36.4 Å². The third-order valence-electron chi connectivity index (χ3n) is 5.45. The molecule has 7 heteroatoms. The predicted octanol–water partition coefficient (Wildman–Crippen LogP) is 2.61. The number of carbonyl (C=O) groups is 1. The van der Waals surface area contributed by atoms with E-state index in [1.54, 1.807) is 30.3 Å². The number of benzene rings is 2. The van der Waals surface area contributed by atoms with Crippen LogP contribution in [-0.2, 0) is 4.74 Å². The molecule has 0 spiro atoms. The minimum atomic E-state index is -0.274. The standard InChI is InChI=1S/C24H28N4O3/c1-17-15-27(16-18(2)31-17)14-8-13-25-23(29)22-20-11-6-7-12-21(20)24(30)28(26-22)19-9-4-3-5-10-19/h3-7,9-12,17-18H,8,13-16H2,1-2H3,(H,25,29)/t17-,18+. The lowest BCUT2D eigenvalue weighted by atomic mass is 10.1. The molecule has 0 unspecified atom stereocenters. The Kier molecular flexibility index (Phi) is 6.44. The normalized spacial score (nSPS) is 19.4. The van der Waals surface area contributed by atoms with Crippen LogP contribution >= 0.6 is 0 Å². The summed E-state index contributed by atoms with van der Waals surface area (Å²) in [6, 6.07) is 16.3. The van der Waals surface area contributed by atoms with Crippen LogP contribution in [0.15, 0.2) is 59.4 Å². The Balaban J connectivity index is 1.50. The van der Waals surface area contributed by atoms with Crippen LogP contribution in [0.1, 0.15) is 30.8 Å². The van der Waals surface area contributed by atoms with Crippen LogP contribution in [0.4, 0.5) is 0 Å². The number of amides is 1. The van der Waals surface area contributed by atoms with Gasteiger partial charge in [-0.2, -0.15) is 9.78 Å². The van der Waals surface area contributed by atoms with Gasteiger partial charge in [0.15, 0.2) is 5.69 Å². The molecule has 1 fully saturated rings. The highest BCUT2D eigenvalue weighted by Crippen LogP contribution is 2.15. The highest BCUT2D eigenvalue weighted by atomic mass is 16.5. The first-order chi connectivity index (χ1) is 15.0. The highest BCUT2D eigenvalue weighted by Gasteiger charge is 2.22. The van der Waals surface area contributed by atoms with Crippen molar-refractivity contribution in [1.82, 2.24) is 20.0 Å². The largest absolute Gasteiger partial charge is 0.373 e. The van der Waals surface area contributed by atoms with Crippen molar-refractivity contribution >= 4 is 16.7 Å². The van der Waals surface area contributed by atoms with Gasteiger partial charge in [-0.3, -0.25) is 14.5 Å². The van der Waals surface area contributed by atoms with Crippen LogP contribution in [-0.4, -0.2) is 59.0 Å². The molecule has 1 aliphatic rings. The molecule has 0 bridgehead atoms. The smallest absolute Gasteiger partial charge is 0.279 e. The first-order valence-corrected chi connectivity index (χ1v) is 10.8. The maximum atomic E-state index is 13.0. The van der Waals surface area contributed by atoms with Crippen LogP contribution in [0.25, 0.3) is 16.5 Å². The zero-order valence-corrected chi connectivity index (χ0v) is 18.0. The minimum absolute atomic E-state index is 0.230. The summed E-state index contributed by atoms with van der Waals surface area (Å²) in [7, 11) is 0. The van der Waals surface area contributed by atoms with Crippen LogP contribution in [0, 0.1) is 0 Å². The maximum Gasteiger partial charge on any atom is 0.279 e. The van der Waals surface area contributed by atoms with Gasteiger partial charge in [0, 0.05) is 31.6 Å². The summed E-state index contributed by atoms with van der Waals surface area (Å²) in [5, 5.41) is 8.44. The fourth-order valence-electron chi connectivity index (χ4n) is 4.16. The van der Waals surface area contributed by atoms with Crippen molar-refractivity contribution in [2.75, 3.05) is 26.2 Å². The molecule has 1 aromatic heterocycles. The van der Waals surface area contributed by atoms with Crippen molar-refractivity contribution in [3.63, 3.8) is 0 Å². The van der Waals surface area contributed by atoms with Gasteiger partial charge < -0.3 is 10.1 Å². The molecule has 1 N–H and O–H groups in total. The zero-order chi connectivity index (χ0) is 21.8. The van der Waals surface area contributed by atoms with Gasteiger partial charge in [0.2, 0.25) is 0 Å². The quantitative estimate of drug-likeness (QED) is 0.621. The van der Waals surface area contributed by atoms with Gasteiger partial charge in [0.25, 0.3) is 11.5 Å².